The maximum Gasteiger partial charge on any atom is 0.132 e. The van der Waals surface area contributed by atoms with Crippen LogP contribution in [0.25, 0.3) is 0 Å². The Morgan fingerprint density at radius 1 is 1.29 bits per heavy atom. The fraction of sp³-hybridized carbons (Fsp3) is 0.571. The highest BCUT2D eigenvalue weighted by atomic mass is 19.1. The van der Waals surface area contributed by atoms with Crippen LogP contribution >= 0.6 is 0 Å². The van der Waals surface area contributed by atoms with Gasteiger partial charge < -0.3 is 5.32 Å². The van der Waals surface area contributed by atoms with Crippen molar-refractivity contribution in [2.45, 2.75) is 46.1 Å². The zero-order valence-corrected chi connectivity index (χ0v) is 10.8. The lowest BCUT2D eigenvalue weighted by Gasteiger charge is -2.14. The van der Waals surface area contributed by atoms with Gasteiger partial charge in [-0.05, 0) is 51.3 Å². The number of nitrogens with one attached hydrogen (secondary N) is 1. The standard InChI is InChI=1S/C14H21F2N/c1-4-9-17-11(3)6-7-12-13(15)8-5-10(2)14(12)16/h5,8,11,17H,4,6-7,9H2,1-3H3. The SMILES string of the molecule is CCCNC(C)CCc1c(F)ccc(C)c1F. The Kier molecular flexibility index (Phi) is 5.56. The predicted molar refractivity (Wildman–Crippen MR) is 67.2 cm³/mol. The Morgan fingerprint density at radius 3 is 2.65 bits per heavy atom. The van der Waals surface area contributed by atoms with Gasteiger partial charge in [0, 0.05) is 11.6 Å². The molecule has 0 saturated carbocycles. The second kappa shape index (κ2) is 6.70. The van der Waals surface area contributed by atoms with Gasteiger partial charge in [-0.2, -0.15) is 0 Å². The maximum atomic E-state index is 13.7. The van der Waals surface area contributed by atoms with Gasteiger partial charge in [0.1, 0.15) is 11.6 Å². The van der Waals surface area contributed by atoms with Crippen LogP contribution in [0.2, 0.25) is 0 Å². The minimum atomic E-state index is -0.434. The Hall–Kier alpha value is -0.960. The molecule has 0 bridgehead atoms. The van der Waals surface area contributed by atoms with Crippen molar-refractivity contribution in [1.29, 1.82) is 0 Å². The molecule has 0 spiro atoms. The van der Waals surface area contributed by atoms with Gasteiger partial charge in [-0.3, -0.25) is 0 Å². The summed E-state index contributed by atoms with van der Waals surface area (Å²) >= 11 is 0. The summed E-state index contributed by atoms with van der Waals surface area (Å²) in [6, 6.07) is 3.11. The van der Waals surface area contributed by atoms with Gasteiger partial charge in [0.15, 0.2) is 0 Å². The third-order valence-electron chi connectivity index (χ3n) is 2.95. The molecule has 0 radical (unpaired) electrons. The Bertz CT molecular complexity index is 363. The molecule has 0 amide bonds. The Balaban J connectivity index is 2.60. The average molecular weight is 241 g/mol. The van der Waals surface area contributed by atoms with E-state index < -0.39 is 11.6 Å². The summed E-state index contributed by atoms with van der Waals surface area (Å²) in [6.07, 6.45) is 2.26. The second-order valence-corrected chi connectivity index (χ2v) is 4.55. The van der Waals surface area contributed by atoms with Crippen molar-refractivity contribution in [2.24, 2.45) is 0 Å². The number of rotatable bonds is 6. The highest BCUT2D eigenvalue weighted by molar-refractivity contribution is 5.26. The smallest absolute Gasteiger partial charge is 0.132 e. The second-order valence-electron chi connectivity index (χ2n) is 4.55. The van der Waals surface area contributed by atoms with E-state index in [1.165, 1.54) is 12.1 Å². The molecule has 0 aliphatic carbocycles. The first kappa shape index (κ1) is 14.1. The van der Waals surface area contributed by atoms with Crippen LogP contribution in [0, 0.1) is 18.6 Å². The molecule has 0 saturated heterocycles. The highest BCUT2D eigenvalue weighted by Crippen LogP contribution is 2.18. The van der Waals surface area contributed by atoms with Crippen LogP contribution in [0.4, 0.5) is 8.78 Å². The summed E-state index contributed by atoms with van der Waals surface area (Å²) in [5.41, 5.74) is 0.728. The topological polar surface area (TPSA) is 12.0 Å². The first-order valence-corrected chi connectivity index (χ1v) is 6.23. The predicted octanol–water partition coefficient (Wildman–Crippen LogP) is 3.59. The van der Waals surface area contributed by atoms with Crippen LogP contribution in [0.3, 0.4) is 0 Å². The highest BCUT2D eigenvalue weighted by Gasteiger charge is 2.12. The molecule has 1 unspecified atom stereocenters. The molecule has 17 heavy (non-hydrogen) atoms. The fourth-order valence-corrected chi connectivity index (χ4v) is 1.80. The van der Waals surface area contributed by atoms with Crippen molar-refractivity contribution in [1.82, 2.24) is 5.32 Å². The van der Waals surface area contributed by atoms with E-state index in [0.717, 1.165) is 19.4 Å². The summed E-state index contributed by atoms with van der Waals surface area (Å²) in [6.45, 7) is 6.75. The molecule has 0 fully saturated rings. The lowest BCUT2D eigenvalue weighted by molar-refractivity contribution is 0.491. The van der Waals surface area contributed by atoms with Crippen LogP contribution in [0.5, 0.6) is 0 Å². The minimum absolute atomic E-state index is 0.218. The number of benzene rings is 1. The van der Waals surface area contributed by atoms with Gasteiger partial charge in [-0.1, -0.05) is 13.0 Å². The fourth-order valence-electron chi connectivity index (χ4n) is 1.80. The van der Waals surface area contributed by atoms with E-state index in [0.29, 0.717) is 12.0 Å². The third-order valence-corrected chi connectivity index (χ3v) is 2.95. The zero-order chi connectivity index (χ0) is 12.8. The third kappa shape index (κ3) is 4.08. The maximum absolute atomic E-state index is 13.7. The van der Waals surface area contributed by atoms with Crippen LogP contribution in [0.15, 0.2) is 12.1 Å². The van der Waals surface area contributed by atoms with Gasteiger partial charge in [-0.15, -0.1) is 0 Å². The number of halogens is 2. The van der Waals surface area contributed by atoms with E-state index in [2.05, 4.69) is 12.2 Å². The van der Waals surface area contributed by atoms with Crippen LogP contribution in [-0.2, 0) is 6.42 Å². The molecule has 1 nitrogen and oxygen atoms in total. The molecule has 1 N–H and O–H groups in total. The molecule has 3 heteroatoms. The molecule has 0 aliphatic heterocycles. The molecule has 0 aromatic heterocycles. The first-order chi connectivity index (χ1) is 8.06. The van der Waals surface area contributed by atoms with E-state index in [4.69, 9.17) is 0 Å². The molecule has 1 rings (SSSR count). The van der Waals surface area contributed by atoms with Crippen molar-refractivity contribution >= 4 is 0 Å². The van der Waals surface area contributed by atoms with E-state index in [9.17, 15) is 8.78 Å². The van der Waals surface area contributed by atoms with Gasteiger partial charge in [0.05, 0.1) is 0 Å². The Labute approximate surface area is 102 Å². The normalized spacial score (nSPS) is 12.8. The molecule has 1 atom stereocenters. The lowest BCUT2D eigenvalue weighted by atomic mass is 10.0. The minimum Gasteiger partial charge on any atom is -0.314 e. The molecular formula is C14H21F2N. The van der Waals surface area contributed by atoms with Crippen molar-refractivity contribution in [2.75, 3.05) is 6.54 Å². The molecule has 96 valence electrons. The largest absolute Gasteiger partial charge is 0.314 e. The van der Waals surface area contributed by atoms with Gasteiger partial charge in [0.25, 0.3) is 0 Å². The molecular weight excluding hydrogens is 220 g/mol. The lowest BCUT2D eigenvalue weighted by Crippen LogP contribution is -2.27. The van der Waals surface area contributed by atoms with E-state index in [-0.39, 0.29) is 11.6 Å². The van der Waals surface area contributed by atoms with E-state index >= 15 is 0 Å². The van der Waals surface area contributed by atoms with Crippen LogP contribution in [0.1, 0.15) is 37.8 Å². The monoisotopic (exact) mass is 241 g/mol. The molecule has 1 aromatic carbocycles. The van der Waals surface area contributed by atoms with Crippen LogP contribution in [-0.4, -0.2) is 12.6 Å². The van der Waals surface area contributed by atoms with Crippen molar-refractivity contribution in [3.63, 3.8) is 0 Å². The van der Waals surface area contributed by atoms with Crippen molar-refractivity contribution in [3.8, 4) is 0 Å². The van der Waals surface area contributed by atoms with Crippen molar-refractivity contribution < 1.29 is 8.78 Å². The summed E-state index contributed by atoms with van der Waals surface area (Å²) in [7, 11) is 0. The molecule has 0 aliphatic rings. The van der Waals surface area contributed by atoms with Gasteiger partial charge in [-0.25, -0.2) is 8.78 Å². The number of hydrogen-bond acceptors (Lipinski definition) is 1. The summed E-state index contributed by atoms with van der Waals surface area (Å²) in [5.74, 6) is -0.830. The summed E-state index contributed by atoms with van der Waals surface area (Å²) in [4.78, 5) is 0. The van der Waals surface area contributed by atoms with Crippen LogP contribution < -0.4 is 5.32 Å². The van der Waals surface area contributed by atoms with Crippen molar-refractivity contribution in [3.05, 3.63) is 34.9 Å². The number of hydrogen-bond donors (Lipinski definition) is 1. The quantitative estimate of drug-likeness (QED) is 0.802. The first-order valence-electron chi connectivity index (χ1n) is 6.23. The number of aryl methyl sites for hydroxylation is 1. The zero-order valence-electron chi connectivity index (χ0n) is 10.8. The Morgan fingerprint density at radius 2 is 2.00 bits per heavy atom. The molecule has 1 aromatic rings. The summed E-state index contributed by atoms with van der Waals surface area (Å²) < 4.78 is 27.2. The summed E-state index contributed by atoms with van der Waals surface area (Å²) in [5, 5.41) is 3.31. The van der Waals surface area contributed by atoms with E-state index in [1.807, 2.05) is 6.92 Å². The van der Waals surface area contributed by atoms with E-state index in [1.54, 1.807) is 6.92 Å². The average Bonchev–Trinajstić information content (AvgIpc) is 2.31. The molecule has 0 heterocycles. The van der Waals surface area contributed by atoms with Gasteiger partial charge in [0.2, 0.25) is 0 Å². The van der Waals surface area contributed by atoms with Gasteiger partial charge >= 0.3 is 0 Å².